The van der Waals surface area contributed by atoms with Crippen molar-refractivity contribution in [2.24, 2.45) is 0 Å². The lowest BCUT2D eigenvalue weighted by Gasteiger charge is -2.37. The highest BCUT2D eigenvalue weighted by Crippen LogP contribution is 2.32. The zero-order valence-corrected chi connectivity index (χ0v) is 17.6. The number of para-hydroxylation sites is 2. The Balaban J connectivity index is 1.56. The molecule has 0 saturated carbocycles. The van der Waals surface area contributed by atoms with Crippen LogP contribution < -0.4 is 15.0 Å². The van der Waals surface area contributed by atoms with Gasteiger partial charge >= 0.3 is 0 Å². The molecule has 0 fully saturated rings. The molecule has 27 heavy (non-hydrogen) atoms. The minimum absolute atomic E-state index is 0.0313. The van der Waals surface area contributed by atoms with E-state index in [1.54, 1.807) is 0 Å². The second-order valence-electron chi connectivity index (χ2n) is 6.97. The van der Waals surface area contributed by atoms with E-state index in [-0.39, 0.29) is 12.0 Å². The van der Waals surface area contributed by atoms with Crippen LogP contribution in [0.2, 0.25) is 0 Å². The van der Waals surface area contributed by atoms with Gasteiger partial charge in [-0.1, -0.05) is 18.2 Å². The molecule has 1 amide bonds. The number of hydrogen-bond acceptors (Lipinski definition) is 4. The third-order valence-corrected chi connectivity index (χ3v) is 5.29. The Hall–Kier alpha value is -2.05. The number of likely N-dealkylation sites (N-methyl/N-ethyl adjacent to an activating group) is 2. The highest BCUT2D eigenvalue weighted by atomic mass is 79.9. The van der Waals surface area contributed by atoms with Gasteiger partial charge in [-0.25, -0.2) is 0 Å². The number of nitrogens with one attached hydrogen (secondary N) is 1. The summed E-state index contributed by atoms with van der Waals surface area (Å²) in [5.41, 5.74) is 3.08. The molecule has 0 aromatic heterocycles. The second-order valence-corrected chi connectivity index (χ2v) is 7.83. The fourth-order valence-corrected chi connectivity index (χ4v) is 3.93. The molecule has 3 rings (SSSR count). The molecular weight excluding hydrogens is 406 g/mol. The van der Waals surface area contributed by atoms with E-state index in [1.807, 2.05) is 55.3 Å². The summed E-state index contributed by atoms with van der Waals surface area (Å²) >= 11 is 3.50. The van der Waals surface area contributed by atoms with Crippen molar-refractivity contribution >= 4 is 33.2 Å². The predicted molar refractivity (Wildman–Crippen MR) is 114 cm³/mol. The third-order valence-electron chi connectivity index (χ3n) is 4.63. The van der Waals surface area contributed by atoms with Crippen molar-refractivity contribution in [3.63, 3.8) is 0 Å². The zero-order valence-electron chi connectivity index (χ0n) is 16.0. The van der Waals surface area contributed by atoms with Crippen LogP contribution in [0.25, 0.3) is 0 Å². The lowest BCUT2D eigenvalue weighted by molar-refractivity contribution is -0.117. The van der Waals surface area contributed by atoms with Crippen molar-refractivity contribution in [3.8, 4) is 5.75 Å². The summed E-state index contributed by atoms with van der Waals surface area (Å²) in [4.78, 5) is 16.7. The Morgan fingerprint density at radius 3 is 2.85 bits per heavy atom. The molecule has 0 aliphatic carbocycles. The number of carbonyl (C=O) groups is 1. The minimum atomic E-state index is -0.0365. The standard InChI is InChI=1S/C21H26BrN3O2/c1-4-25-13-16(27-20-8-6-5-7-19(20)25)12-24(3)14-21(26)23-18-10-9-15(2)11-17(18)22/h5-11,16H,4,12-14H2,1-3H3,(H,23,26)/t16-/m1/s1. The van der Waals surface area contributed by atoms with Crippen LogP contribution in [0, 0.1) is 6.92 Å². The van der Waals surface area contributed by atoms with Crippen LogP contribution in [-0.4, -0.2) is 50.1 Å². The number of ether oxygens (including phenoxy) is 1. The van der Waals surface area contributed by atoms with Crippen LogP contribution in [0.5, 0.6) is 5.75 Å². The summed E-state index contributed by atoms with van der Waals surface area (Å²) in [5.74, 6) is 0.877. The number of halogens is 1. The van der Waals surface area contributed by atoms with Gasteiger partial charge in [-0.05, 0) is 66.7 Å². The van der Waals surface area contributed by atoms with Crippen LogP contribution in [0.3, 0.4) is 0 Å². The molecule has 0 unspecified atom stereocenters. The Morgan fingerprint density at radius 1 is 1.33 bits per heavy atom. The molecule has 1 atom stereocenters. The van der Waals surface area contributed by atoms with Gasteiger partial charge in [-0.15, -0.1) is 0 Å². The molecule has 6 heteroatoms. The van der Waals surface area contributed by atoms with Crippen molar-refractivity contribution in [1.82, 2.24) is 4.90 Å². The van der Waals surface area contributed by atoms with Gasteiger partial charge in [0.2, 0.25) is 5.91 Å². The average molecular weight is 432 g/mol. The summed E-state index contributed by atoms with van der Waals surface area (Å²) in [6.07, 6.45) is 0.0313. The Bertz CT molecular complexity index is 812. The SMILES string of the molecule is CCN1C[C@@H](CN(C)CC(=O)Nc2ccc(C)cc2Br)Oc2ccccc21. The number of nitrogens with zero attached hydrogens (tertiary/aromatic N) is 2. The zero-order chi connectivity index (χ0) is 19.4. The van der Waals surface area contributed by atoms with Gasteiger partial charge in [0.25, 0.3) is 0 Å². The molecule has 2 aromatic rings. The number of carbonyl (C=O) groups excluding carboxylic acids is 1. The molecule has 2 aromatic carbocycles. The topological polar surface area (TPSA) is 44.8 Å². The molecule has 1 aliphatic heterocycles. The highest BCUT2D eigenvalue weighted by molar-refractivity contribution is 9.10. The molecule has 0 radical (unpaired) electrons. The fraction of sp³-hybridized carbons (Fsp3) is 0.381. The van der Waals surface area contributed by atoms with E-state index < -0.39 is 0 Å². The molecule has 144 valence electrons. The number of anilines is 2. The van der Waals surface area contributed by atoms with Crippen molar-refractivity contribution in [2.75, 3.05) is 43.4 Å². The van der Waals surface area contributed by atoms with E-state index in [4.69, 9.17) is 4.74 Å². The van der Waals surface area contributed by atoms with Crippen molar-refractivity contribution in [3.05, 3.63) is 52.5 Å². The first-order chi connectivity index (χ1) is 13.0. The monoisotopic (exact) mass is 431 g/mol. The normalized spacial score (nSPS) is 16.0. The van der Waals surface area contributed by atoms with Gasteiger partial charge in [-0.3, -0.25) is 9.69 Å². The maximum atomic E-state index is 12.4. The van der Waals surface area contributed by atoms with Gasteiger partial charge in [-0.2, -0.15) is 0 Å². The Kier molecular flexibility index (Phi) is 6.39. The first-order valence-electron chi connectivity index (χ1n) is 9.21. The molecular formula is C21H26BrN3O2. The summed E-state index contributed by atoms with van der Waals surface area (Å²) in [6.45, 7) is 6.93. The quantitative estimate of drug-likeness (QED) is 0.752. The first-order valence-corrected chi connectivity index (χ1v) is 10.0. The molecule has 5 nitrogen and oxygen atoms in total. The Morgan fingerprint density at radius 2 is 2.11 bits per heavy atom. The van der Waals surface area contributed by atoms with Gasteiger partial charge in [0.15, 0.2) is 0 Å². The second kappa shape index (κ2) is 8.76. The lowest BCUT2D eigenvalue weighted by atomic mass is 10.2. The van der Waals surface area contributed by atoms with Crippen molar-refractivity contribution in [1.29, 1.82) is 0 Å². The number of rotatable bonds is 6. The van der Waals surface area contributed by atoms with E-state index in [0.29, 0.717) is 13.1 Å². The molecule has 1 heterocycles. The number of fused-ring (bicyclic) bond motifs is 1. The van der Waals surface area contributed by atoms with E-state index in [2.05, 4.69) is 39.1 Å². The Labute approximate surface area is 169 Å². The predicted octanol–water partition coefficient (Wildman–Crippen LogP) is 3.92. The highest BCUT2D eigenvalue weighted by Gasteiger charge is 2.25. The third kappa shape index (κ3) is 5.02. The van der Waals surface area contributed by atoms with Crippen LogP contribution >= 0.6 is 15.9 Å². The molecule has 0 saturated heterocycles. The fourth-order valence-electron chi connectivity index (χ4n) is 3.34. The van der Waals surface area contributed by atoms with Crippen LogP contribution in [0.4, 0.5) is 11.4 Å². The summed E-state index contributed by atoms with van der Waals surface area (Å²) < 4.78 is 7.04. The minimum Gasteiger partial charge on any atom is -0.485 e. The summed E-state index contributed by atoms with van der Waals surface area (Å²) in [6, 6.07) is 14.0. The lowest BCUT2D eigenvalue weighted by Crippen LogP contribution is -2.46. The van der Waals surface area contributed by atoms with Gasteiger partial charge in [0.05, 0.1) is 24.5 Å². The average Bonchev–Trinajstić information content (AvgIpc) is 2.63. The van der Waals surface area contributed by atoms with E-state index in [0.717, 1.165) is 40.2 Å². The number of benzene rings is 2. The van der Waals surface area contributed by atoms with Crippen LogP contribution in [0.1, 0.15) is 12.5 Å². The van der Waals surface area contributed by atoms with Gasteiger partial charge in [0, 0.05) is 17.6 Å². The maximum Gasteiger partial charge on any atom is 0.238 e. The maximum absolute atomic E-state index is 12.4. The largest absolute Gasteiger partial charge is 0.485 e. The number of aryl methyl sites for hydroxylation is 1. The van der Waals surface area contributed by atoms with Gasteiger partial charge in [0.1, 0.15) is 11.9 Å². The van der Waals surface area contributed by atoms with E-state index in [1.165, 1.54) is 0 Å². The van der Waals surface area contributed by atoms with E-state index in [9.17, 15) is 4.79 Å². The summed E-state index contributed by atoms with van der Waals surface area (Å²) in [5, 5.41) is 2.96. The number of amides is 1. The smallest absolute Gasteiger partial charge is 0.238 e. The van der Waals surface area contributed by atoms with Crippen LogP contribution in [0.15, 0.2) is 46.9 Å². The molecule has 1 aliphatic rings. The van der Waals surface area contributed by atoms with Crippen LogP contribution in [-0.2, 0) is 4.79 Å². The summed E-state index contributed by atoms with van der Waals surface area (Å²) in [7, 11) is 1.95. The number of hydrogen-bond donors (Lipinski definition) is 1. The first kappa shape index (κ1) is 19.7. The molecule has 1 N–H and O–H groups in total. The van der Waals surface area contributed by atoms with Gasteiger partial charge < -0.3 is 15.0 Å². The van der Waals surface area contributed by atoms with E-state index >= 15 is 0 Å². The molecule has 0 spiro atoms. The van der Waals surface area contributed by atoms with Crippen molar-refractivity contribution < 1.29 is 9.53 Å². The molecule has 0 bridgehead atoms. The van der Waals surface area contributed by atoms with Crippen molar-refractivity contribution in [2.45, 2.75) is 20.0 Å².